The number of nitrogens with one attached hydrogen (secondary N) is 1. The third-order valence-electron chi connectivity index (χ3n) is 1.55. The molecule has 0 atom stereocenters. The van der Waals surface area contributed by atoms with Gasteiger partial charge in [-0.15, -0.1) is 0 Å². The van der Waals surface area contributed by atoms with Crippen LogP contribution in [0.3, 0.4) is 0 Å². The maximum Gasteiger partial charge on any atom is 0.227 e. The molecule has 0 aliphatic carbocycles. The van der Waals surface area contributed by atoms with Gasteiger partial charge in [0.1, 0.15) is 0 Å². The summed E-state index contributed by atoms with van der Waals surface area (Å²) in [4.78, 5) is 4.23. The molecule has 0 saturated heterocycles. The summed E-state index contributed by atoms with van der Waals surface area (Å²) in [5, 5.41) is 7.05. The van der Waals surface area contributed by atoms with Crippen molar-refractivity contribution in [1.29, 1.82) is 0 Å². The van der Waals surface area contributed by atoms with Crippen molar-refractivity contribution >= 4 is 11.8 Å². The first-order chi connectivity index (χ1) is 6.36. The minimum Gasteiger partial charge on any atom is -0.339 e. The van der Waals surface area contributed by atoms with E-state index in [1.54, 1.807) is 11.8 Å². The number of aromatic nitrogens is 2. The first-order valence-electron chi connectivity index (χ1n) is 4.38. The van der Waals surface area contributed by atoms with Crippen molar-refractivity contribution in [2.75, 3.05) is 19.3 Å². The van der Waals surface area contributed by atoms with Crippen LogP contribution in [-0.2, 0) is 12.2 Å². The second-order valence-corrected chi connectivity index (χ2v) is 3.51. The SMILES string of the molecule is CCNCCc1nc(CSC)no1. The predicted molar refractivity (Wildman–Crippen MR) is 53.8 cm³/mol. The highest BCUT2D eigenvalue weighted by molar-refractivity contribution is 7.97. The lowest BCUT2D eigenvalue weighted by atomic mass is 10.4. The lowest BCUT2D eigenvalue weighted by Crippen LogP contribution is -2.16. The van der Waals surface area contributed by atoms with E-state index in [1.807, 2.05) is 6.26 Å². The highest BCUT2D eigenvalue weighted by atomic mass is 32.2. The minimum atomic E-state index is 0.727. The molecule has 0 amide bonds. The first-order valence-corrected chi connectivity index (χ1v) is 5.77. The van der Waals surface area contributed by atoms with Gasteiger partial charge in [0, 0.05) is 13.0 Å². The van der Waals surface area contributed by atoms with Crippen molar-refractivity contribution in [1.82, 2.24) is 15.5 Å². The fourth-order valence-electron chi connectivity index (χ4n) is 0.952. The molecule has 5 heteroatoms. The summed E-state index contributed by atoms with van der Waals surface area (Å²) in [7, 11) is 0. The van der Waals surface area contributed by atoms with Crippen LogP contribution in [0, 0.1) is 0 Å². The van der Waals surface area contributed by atoms with Crippen LogP contribution in [-0.4, -0.2) is 29.5 Å². The smallest absolute Gasteiger partial charge is 0.227 e. The Morgan fingerprint density at radius 1 is 1.54 bits per heavy atom. The predicted octanol–water partition coefficient (Wildman–Crippen LogP) is 1.08. The summed E-state index contributed by atoms with van der Waals surface area (Å²) in [5.41, 5.74) is 0. The fourth-order valence-corrected chi connectivity index (χ4v) is 1.33. The normalized spacial score (nSPS) is 10.6. The van der Waals surface area contributed by atoms with Crippen molar-refractivity contribution in [2.24, 2.45) is 0 Å². The number of hydrogen-bond donors (Lipinski definition) is 1. The van der Waals surface area contributed by atoms with E-state index in [0.29, 0.717) is 0 Å². The molecule has 4 nitrogen and oxygen atoms in total. The lowest BCUT2D eigenvalue weighted by molar-refractivity contribution is 0.372. The van der Waals surface area contributed by atoms with E-state index in [4.69, 9.17) is 4.52 Å². The molecule has 0 unspecified atom stereocenters. The van der Waals surface area contributed by atoms with Crippen LogP contribution < -0.4 is 5.32 Å². The first kappa shape index (κ1) is 10.5. The summed E-state index contributed by atoms with van der Waals surface area (Å²) < 4.78 is 5.05. The molecule has 0 aliphatic heterocycles. The average Bonchev–Trinajstić information content (AvgIpc) is 2.54. The number of thioether (sulfide) groups is 1. The molecule has 1 aromatic rings. The van der Waals surface area contributed by atoms with Gasteiger partial charge in [0.25, 0.3) is 0 Å². The molecule has 0 bridgehead atoms. The van der Waals surface area contributed by atoms with E-state index >= 15 is 0 Å². The Bertz CT molecular complexity index is 239. The second kappa shape index (κ2) is 5.99. The molecule has 0 aromatic carbocycles. The molecular weight excluding hydrogens is 186 g/mol. The molecule has 0 radical (unpaired) electrons. The van der Waals surface area contributed by atoms with Crippen LogP contribution >= 0.6 is 11.8 Å². The largest absolute Gasteiger partial charge is 0.339 e. The fraction of sp³-hybridized carbons (Fsp3) is 0.750. The number of hydrogen-bond acceptors (Lipinski definition) is 5. The third kappa shape index (κ3) is 3.78. The van der Waals surface area contributed by atoms with Crippen LogP contribution in [0.4, 0.5) is 0 Å². The Hall–Kier alpha value is -0.550. The molecule has 13 heavy (non-hydrogen) atoms. The number of likely N-dealkylation sites (N-methyl/N-ethyl adjacent to an activating group) is 1. The summed E-state index contributed by atoms with van der Waals surface area (Å²) in [6.45, 7) is 3.95. The summed E-state index contributed by atoms with van der Waals surface area (Å²) >= 11 is 1.70. The Labute approximate surface area is 82.5 Å². The van der Waals surface area contributed by atoms with Gasteiger partial charge in [-0.1, -0.05) is 12.1 Å². The molecule has 0 fully saturated rings. The van der Waals surface area contributed by atoms with Gasteiger partial charge in [-0.05, 0) is 12.8 Å². The van der Waals surface area contributed by atoms with Crippen molar-refractivity contribution in [3.8, 4) is 0 Å². The molecule has 1 rings (SSSR count). The topological polar surface area (TPSA) is 51.0 Å². The van der Waals surface area contributed by atoms with Gasteiger partial charge < -0.3 is 9.84 Å². The van der Waals surface area contributed by atoms with E-state index < -0.39 is 0 Å². The van der Waals surface area contributed by atoms with Crippen LogP contribution in [0.1, 0.15) is 18.6 Å². The standard InChI is InChI=1S/C8H15N3OS/c1-3-9-5-4-8-10-7(6-13-2)11-12-8/h9H,3-6H2,1-2H3. The summed E-state index contributed by atoms with van der Waals surface area (Å²) in [6, 6.07) is 0. The zero-order valence-electron chi connectivity index (χ0n) is 8.04. The van der Waals surface area contributed by atoms with Gasteiger partial charge in [-0.2, -0.15) is 16.7 Å². The highest BCUT2D eigenvalue weighted by Crippen LogP contribution is 2.05. The van der Waals surface area contributed by atoms with Crippen molar-refractivity contribution in [3.63, 3.8) is 0 Å². The van der Waals surface area contributed by atoms with Crippen LogP contribution in [0.25, 0.3) is 0 Å². The average molecular weight is 201 g/mol. The van der Waals surface area contributed by atoms with Crippen LogP contribution in [0.15, 0.2) is 4.52 Å². The van der Waals surface area contributed by atoms with Crippen LogP contribution in [0.2, 0.25) is 0 Å². The molecule has 1 heterocycles. The molecule has 0 spiro atoms. The van der Waals surface area contributed by atoms with Crippen molar-refractivity contribution in [2.45, 2.75) is 19.1 Å². The van der Waals surface area contributed by atoms with Gasteiger partial charge in [-0.3, -0.25) is 0 Å². The number of rotatable bonds is 6. The van der Waals surface area contributed by atoms with Gasteiger partial charge in [0.2, 0.25) is 5.89 Å². The molecular formula is C8H15N3OS. The van der Waals surface area contributed by atoms with Gasteiger partial charge in [0.05, 0.1) is 5.75 Å². The van der Waals surface area contributed by atoms with Crippen LogP contribution in [0.5, 0.6) is 0 Å². The van der Waals surface area contributed by atoms with E-state index in [9.17, 15) is 0 Å². The highest BCUT2D eigenvalue weighted by Gasteiger charge is 2.04. The zero-order valence-corrected chi connectivity index (χ0v) is 8.86. The van der Waals surface area contributed by atoms with E-state index in [-0.39, 0.29) is 0 Å². The molecule has 1 aromatic heterocycles. The summed E-state index contributed by atoms with van der Waals surface area (Å²) in [5.74, 6) is 2.34. The monoisotopic (exact) mass is 201 g/mol. The maximum absolute atomic E-state index is 5.05. The molecule has 1 N–H and O–H groups in total. The lowest BCUT2D eigenvalue weighted by Gasteiger charge is -1.94. The summed E-state index contributed by atoms with van der Waals surface area (Å²) in [6.07, 6.45) is 2.84. The van der Waals surface area contributed by atoms with E-state index in [0.717, 1.165) is 37.0 Å². The third-order valence-corrected chi connectivity index (χ3v) is 2.10. The Morgan fingerprint density at radius 2 is 2.38 bits per heavy atom. The Kier molecular flexibility index (Phi) is 4.85. The molecule has 0 saturated carbocycles. The van der Waals surface area contributed by atoms with Gasteiger partial charge in [0.15, 0.2) is 5.82 Å². The van der Waals surface area contributed by atoms with E-state index in [1.165, 1.54) is 0 Å². The Morgan fingerprint density at radius 3 is 3.08 bits per heavy atom. The van der Waals surface area contributed by atoms with Crippen molar-refractivity contribution < 1.29 is 4.52 Å². The molecule has 74 valence electrons. The minimum absolute atomic E-state index is 0.727. The second-order valence-electron chi connectivity index (χ2n) is 2.64. The maximum atomic E-state index is 5.05. The molecule has 0 aliphatic rings. The zero-order chi connectivity index (χ0) is 9.52. The number of nitrogens with zero attached hydrogens (tertiary/aromatic N) is 2. The Balaban J connectivity index is 2.31. The van der Waals surface area contributed by atoms with Gasteiger partial charge in [-0.25, -0.2) is 0 Å². The van der Waals surface area contributed by atoms with Crippen molar-refractivity contribution in [3.05, 3.63) is 11.7 Å². The van der Waals surface area contributed by atoms with Gasteiger partial charge >= 0.3 is 0 Å². The quantitative estimate of drug-likeness (QED) is 0.698. The van der Waals surface area contributed by atoms with E-state index in [2.05, 4.69) is 22.4 Å².